The van der Waals surface area contributed by atoms with Crippen LogP contribution in [0.4, 0.5) is 0 Å². The molecule has 0 unspecified atom stereocenters. The molecule has 0 fully saturated rings. The van der Waals surface area contributed by atoms with Gasteiger partial charge in [0.25, 0.3) is 0 Å². The van der Waals surface area contributed by atoms with Crippen molar-refractivity contribution in [1.82, 2.24) is 4.90 Å². The second kappa shape index (κ2) is 10.9. The zero-order valence-corrected chi connectivity index (χ0v) is 9.55. The van der Waals surface area contributed by atoms with Crippen molar-refractivity contribution in [3.8, 4) is 0 Å². The molecule has 0 amide bonds. The van der Waals surface area contributed by atoms with Crippen LogP contribution in [-0.4, -0.2) is 38.8 Å². The summed E-state index contributed by atoms with van der Waals surface area (Å²) in [5, 5.41) is 0. The normalized spacial score (nSPS) is 10.0. The van der Waals surface area contributed by atoms with E-state index in [1.807, 2.05) is 13.8 Å². The predicted octanol–water partition coefficient (Wildman–Crippen LogP) is 2.39. The second-order valence-electron chi connectivity index (χ2n) is 3.44. The molecule has 0 saturated heterocycles. The van der Waals surface area contributed by atoms with Gasteiger partial charge in [-0.3, -0.25) is 0 Å². The molecule has 0 aliphatic heterocycles. The first-order valence-electron chi connectivity index (χ1n) is 4.72. The molecule has 0 spiro atoms. The number of methoxy groups -OCH3 is 1. The number of ether oxygens (including phenoxy) is 1. The molecule has 0 radical (unpaired) electrons. The fraction of sp³-hybridized carbons (Fsp3) is 1.00. The first-order valence-corrected chi connectivity index (χ1v) is 4.72. The van der Waals surface area contributed by atoms with Crippen molar-refractivity contribution < 1.29 is 4.74 Å². The Bertz CT molecular complexity index is 72.2. The van der Waals surface area contributed by atoms with Crippen LogP contribution in [0.5, 0.6) is 0 Å². The van der Waals surface area contributed by atoms with Gasteiger partial charge in [-0.1, -0.05) is 13.3 Å². The lowest BCUT2D eigenvalue weighted by Gasteiger charge is -2.05. The summed E-state index contributed by atoms with van der Waals surface area (Å²) >= 11 is 0. The molecule has 2 nitrogen and oxygen atoms in total. The summed E-state index contributed by atoms with van der Waals surface area (Å²) in [4.78, 5) is 2.21. The van der Waals surface area contributed by atoms with E-state index >= 15 is 0 Å². The molecular weight excluding hydrogens is 150 g/mol. The van der Waals surface area contributed by atoms with Crippen LogP contribution < -0.4 is 0 Å². The first-order chi connectivity index (χ1) is 5.54. The van der Waals surface area contributed by atoms with Gasteiger partial charge in [-0.25, -0.2) is 0 Å². The lowest BCUT2D eigenvalue weighted by molar-refractivity contribution is 0.134. The van der Waals surface area contributed by atoms with E-state index in [2.05, 4.69) is 25.9 Å². The largest absolute Gasteiger partial charge is 0.382 e. The number of hydrogen-bond acceptors (Lipinski definition) is 2. The van der Waals surface area contributed by atoms with Crippen LogP contribution >= 0.6 is 0 Å². The Balaban J connectivity index is 0. The third-order valence-corrected chi connectivity index (χ3v) is 1.43. The van der Waals surface area contributed by atoms with Crippen LogP contribution in [0.3, 0.4) is 0 Å². The van der Waals surface area contributed by atoms with Crippen LogP contribution in [0.15, 0.2) is 0 Å². The summed E-state index contributed by atoms with van der Waals surface area (Å²) in [5.74, 6) is 0. The number of rotatable bonds is 4. The minimum Gasteiger partial charge on any atom is -0.382 e. The molecule has 76 valence electrons. The SMILES string of the molecule is CCCCN(C)C.COC(C)C. The lowest BCUT2D eigenvalue weighted by Crippen LogP contribution is -2.12. The van der Waals surface area contributed by atoms with Gasteiger partial charge >= 0.3 is 0 Å². The highest BCUT2D eigenvalue weighted by molar-refractivity contribution is 4.39. The number of unbranched alkanes of at least 4 members (excludes halogenated alkanes) is 1. The van der Waals surface area contributed by atoms with E-state index in [1.54, 1.807) is 7.11 Å². The van der Waals surface area contributed by atoms with E-state index in [-0.39, 0.29) is 0 Å². The van der Waals surface area contributed by atoms with Gasteiger partial charge in [0.2, 0.25) is 0 Å². The average Bonchev–Trinajstić information content (AvgIpc) is 2.02. The molecule has 12 heavy (non-hydrogen) atoms. The quantitative estimate of drug-likeness (QED) is 0.650. The molecule has 0 aromatic rings. The highest BCUT2D eigenvalue weighted by Crippen LogP contribution is 1.86. The summed E-state index contributed by atoms with van der Waals surface area (Å²) in [7, 11) is 5.91. The number of nitrogens with zero attached hydrogens (tertiary/aromatic N) is 1. The van der Waals surface area contributed by atoms with E-state index in [4.69, 9.17) is 4.74 Å². The molecule has 0 N–H and O–H groups in total. The van der Waals surface area contributed by atoms with Crippen molar-refractivity contribution in [3.63, 3.8) is 0 Å². The van der Waals surface area contributed by atoms with Crippen molar-refractivity contribution in [2.45, 2.75) is 39.7 Å². The van der Waals surface area contributed by atoms with E-state index in [1.165, 1.54) is 19.4 Å². The monoisotopic (exact) mass is 175 g/mol. The van der Waals surface area contributed by atoms with Crippen LogP contribution in [0.1, 0.15) is 33.6 Å². The van der Waals surface area contributed by atoms with Crippen LogP contribution in [0.2, 0.25) is 0 Å². The van der Waals surface area contributed by atoms with Gasteiger partial charge in [0.1, 0.15) is 0 Å². The molecule has 0 aromatic carbocycles. The third kappa shape index (κ3) is 22.5. The molecule has 0 aromatic heterocycles. The molecular formula is C10H25NO. The predicted molar refractivity (Wildman–Crippen MR) is 55.6 cm³/mol. The van der Waals surface area contributed by atoms with Crippen LogP contribution in [0.25, 0.3) is 0 Å². The highest BCUT2D eigenvalue weighted by atomic mass is 16.5. The Morgan fingerprint density at radius 3 is 1.75 bits per heavy atom. The van der Waals surface area contributed by atoms with Gasteiger partial charge in [0.15, 0.2) is 0 Å². The zero-order chi connectivity index (χ0) is 9.98. The molecule has 0 rings (SSSR count). The first kappa shape index (κ1) is 14.4. The summed E-state index contributed by atoms with van der Waals surface area (Å²) in [6, 6.07) is 0. The van der Waals surface area contributed by atoms with Crippen molar-refractivity contribution in [3.05, 3.63) is 0 Å². The van der Waals surface area contributed by atoms with Crippen LogP contribution in [-0.2, 0) is 4.74 Å². The van der Waals surface area contributed by atoms with Gasteiger partial charge in [0, 0.05) is 7.11 Å². The Kier molecular flexibility index (Phi) is 13.1. The smallest absolute Gasteiger partial charge is 0.0515 e. The van der Waals surface area contributed by atoms with E-state index < -0.39 is 0 Å². The standard InChI is InChI=1S/C6H15N.C4H10O/c1-4-5-6-7(2)3;1-4(2)5-3/h4-6H2,1-3H3;4H,1-3H3. The average molecular weight is 175 g/mol. The molecule has 0 saturated carbocycles. The Morgan fingerprint density at radius 1 is 1.25 bits per heavy atom. The number of hydrogen-bond donors (Lipinski definition) is 0. The van der Waals surface area contributed by atoms with Crippen molar-refractivity contribution in [2.24, 2.45) is 0 Å². The van der Waals surface area contributed by atoms with Crippen molar-refractivity contribution in [2.75, 3.05) is 27.7 Å². The van der Waals surface area contributed by atoms with E-state index in [0.717, 1.165) is 0 Å². The highest BCUT2D eigenvalue weighted by Gasteiger charge is 1.83. The van der Waals surface area contributed by atoms with Gasteiger partial charge in [-0.15, -0.1) is 0 Å². The Morgan fingerprint density at radius 2 is 1.67 bits per heavy atom. The maximum atomic E-state index is 4.75. The van der Waals surface area contributed by atoms with E-state index in [9.17, 15) is 0 Å². The summed E-state index contributed by atoms with van der Waals surface area (Å²) < 4.78 is 4.75. The van der Waals surface area contributed by atoms with Gasteiger partial charge < -0.3 is 9.64 Å². The minimum atomic E-state index is 0.384. The fourth-order valence-electron chi connectivity index (χ4n) is 0.474. The van der Waals surface area contributed by atoms with E-state index in [0.29, 0.717) is 6.10 Å². The molecule has 0 atom stereocenters. The third-order valence-electron chi connectivity index (χ3n) is 1.43. The topological polar surface area (TPSA) is 12.5 Å². The summed E-state index contributed by atoms with van der Waals surface area (Å²) in [6.45, 7) is 7.44. The Labute approximate surface area is 77.9 Å². The molecule has 0 heterocycles. The summed E-state index contributed by atoms with van der Waals surface area (Å²) in [6.07, 6.45) is 3.01. The van der Waals surface area contributed by atoms with Gasteiger partial charge in [0.05, 0.1) is 6.10 Å². The van der Waals surface area contributed by atoms with Gasteiger partial charge in [-0.05, 0) is 40.9 Å². The summed E-state index contributed by atoms with van der Waals surface area (Å²) in [5.41, 5.74) is 0. The van der Waals surface area contributed by atoms with Crippen LogP contribution in [0, 0.1) is 0 Å². The second-order valence-corrected chi connectivity index (χ2v) is 3.44. The zero-order valence-electron chi connectivity index (χ0n) is 9.55. The minimum absolute atomic E-state index is 0.384. The lowest BCUT2D eigenvalue weighted by atomic mass is 10.3. The fourth-order valence-corrected chi connectivity index (χ4v) is 0.474. The maximum absolute atomic E-state index is 4.75. The van der Waals surface area contributed by atoms with Gasteiger partial charge in [-0.2, -0.15) is 0 Å². The molecule has 0 aliphatic rings. The van der Waals surface area contributed by atoms with Crippen molar-refractivity contribution in [1.29, 1.82) is 0 Å². The maximum Gasteiger partial charge on any atom is 0.0515 e. The van der Waals surface area contributed by atoms with Crippen molar-refractivity contribution >= 4 is 0 Å². The molecule has 0 aliphatic carbocycles. The Hall–Kier alpha value is -0.0800. The molecule has 0 bridgehead atoms. The molecule has 2 heteroatoms.